The summed E-state index contributed by atoms with van der Waals surface area (Å²) < 4.78 is 13.1. The van der Waals surface area contributed by atoms with E-state index in [0.717, 1.165) is 10.1 Å². The summed E-state index contributed by atoms with van der Waals surface area (Å²) in [4.78, 5) is 37.0. The Kier molecular flexibility index (Phi) is 6.32. The molecule has 30 heavy (non-hydrogen) atoms. The van der Waals surface area contributed by atoms with Gasteiger partial charge >= 0.3 is 11.7 Å². The first-order chi connectivity index (χ1) is 14.4. The number of para-hydroxylation sites is 1. The number of carbonyl (C=O) groups is 1. The van der Waals surface area contributed by atoms with Gasteiger partial charge in [-0.15, -0.1) is 0 Å². The van der Waals surface area contributed by atoms with Crippen molar-refractivity contribution in [1.29, 1.82) is 0 Å². The zero-order valence-electron chi connectivity index (χ0n) is 17.0. The molecule has 0 aliphatic carbocycles. The van der Waals surface area contributed by atoms with Crippen LogP contribution in [0.4, 0.5) is 0 Å². The molecule has 0 N–H and O–H groups in total. The van der Waals surface area contributed by atoms with Crippen LogP contribution < -0.4 is 16.0 Å². The van der Waals surface area contributed by atoms with Gasteiger partial charge in [-0.05, 0) is 17.7 Å². The Bertz CT molecular complexity index is 1210. The third kappa shape index (κ3) is 4.41. The smallest absolute Gasteiger partial charge is 0.339 e. The molecule has 0 fully saturated rings. The van der Waals surface area contributed by atoms with Gasteiger partial charge < -0.3 is 9.47 Å². The quantitative estimate of drug-likeness (QED) is 0.357. The minimum Gasteiger partial charge on any atom is -0.496 e. The average Bonchev–Trinajstić information content (AvgIpc) is 2.78. The van der Waals surface area contributed by atoms with Crippen molar-refractivity contribution in [3.8, 4) is 5.75 Å². The molecule has 0 atom stereocenters. The van der Waals surface area contributed by atoms with Crippen molar-refractivity contribution in [3.05, 3.63) is 98.3 Å². The van der Waals surface area contributed by atoms with E-state index in [1.165, 1.54) is 24.7 Å². The van der Waals surface area contributed by atoms with Crippen LogP contribution in [-0.4, -0.2) is 22.2 Å². The van der Waals surface area contributed by atoms with Crippen molar-refractivity contribution in [2.24, 2.45) is 14.1 Å². The monoisotopic (exact) mass is 406 g/mol. The molecule has 7 nitrogen and oxygen atoms in total. The fourth-order valence-electron chi connectivity index (χ4n) is 2.95. The van der Waals surface area contributed by atoms with Crippen LogP contribution in [-0.2, 0) is 30.2 Å². The van der Waals surface area contributed by atoms with Gasteiger partial charge in [0, 0.05) is 25.7 Å². The van der Waals surface area contributed by atoms with Gasteiger partial charge in [0.1, 0.15) is 12.4 Å². The molecule has 1 aromatic heterocycles. The number of aromatic nitrogens is 2. The molecule has 0 amide bonds. The predicted molar refractivity (Wildman–Crippen MR) is 114 cm³/mol. The van der Waals surface area contributed by atoms with E-state index in [0.29, 0.717) is 22.6 Å². The molecule has 7 heteroatoms. The normalized spacial score (nSPS) is 11.2. The Morgan fingerprint density at radius 2 is 1.63 bits per heavy atom. The molecule has 0 saturated carbocycles. The number of esters is 1. The van der Waals surface area contributed by atoms with Crippen molar-refractivity contribution in [2.75, 3.05) is 7.11 Å². The molecule has 1 heterocycles. The van der Waals surface area contributed by atoms with E-state index < -0.39 is 17.2 Å². The lowest BCUT2D eigenvalue weighted by Crippen LogP contribution is -2.38. The summed E-state index contributed by atoms with van der Waals surface area (Å²) in [6.07, 6.45) is 1.69. The van der Waals surface area contributed by atoms with Gasteiger partial charge in [-0.25, -0.2) is 9.59 Å². The van der Waals surface area contributed by atoms with Gasteiger partial charge in [0.25, 0.3) is 5.56 Å². The van der Waals surface area contributed by atoms with Crippen LogP contribution in [0.25, 0.3) is 11.6 Å². The molecule has 0 unspecified atom stereocenters. The summed E-state index contributed by atoms with van der Waals surface area (Å²) in [7, 11) is 4.47. The fourth-order valence-corrected chi connectivity index (χ4v) is 2.95. The molecule has 0 spiro atoms. The van der Waals surface area contributed by atoms with Crippen LogP contribution in [0, 0.1) is 0 Å². The number of carbonyl (C=O) groups excluding carboxylic acids is 1. The van der Waals surface area contributed by atoms with E-state index in [-0.39, 0.29) is 6.61 Å². The number of hydrogen-bond acceptors (Lipinski definition) is 5. The van der Waals surface area contributed by atoms with E-state index in [1.54, 1.807) is 31.4 Å². The van der Waals surface area contributed by atoms with E-state index >= 15 is 0 Å². The number of hydrogen-bond donors (Lipinski definition) is 0. The standard InChI is InChI=1S/C23H22N2O5/c1-24-18(14-21(26)25(2)23(24)28)15-30-22(27)19(16-9-5-4-6-10-16)13-17-11-7-8-12-20(17)29-3/h4-14H,15H2,1-3H3/b19-13+. The maximum absolute atomic E-state index is 13.0. The molecule has 0 aliphatic heterocycles. The largest absolute Gasteiger partial charge is 0.496 e. The highest BCUT2D eigenvalue weighted by Crippen LogP contribution is 2.25. The SMILES string of the molecule is COc1ccccc1/C=C(/C(=O)OCc1cc(=O)n(C)c(=O)n1C)c1ccccc1. The maximum Gasteiger partial charge on any atom is 0.339 e. The first kappa shape index (κ1) is 20.9. The Balaban J connectivity index is 1.95. The Morgan fingerprint density at radius 1 is 0.967 bits per heavy atom. The molecule has 0 radical (unpaired) electrons. The lowest BCUT2D eigenvalue weighted by molar-refractivity contribution is -0.137. The van der Waals surface area contributed by atoms with E-state index in [2.05, 4.69) is 0 Å². The van der Waals surface area contributed by atoms with Crippen LogP contribution in [0.15, 0.2) is 70.3 Å². The van der Waals surface area contributed by atoms with Crippen LogP contribution in [0.1, 0.15) is 16.8 Å². The molecule has 154 valence electrons. The number of methoxy groups -OCH3 is 1. The van der Waals surface area contributed by atoms with Crippen LogP contribution >= 0.6 is 0 Å². The predicted octanol–water partition coefficient (Wildman–Crippen LogP) is 2.38. The van der Waals surface area contributed by atoms with Gasteiger partial charge in [-0.3, -0.25) is 13.9 Å². The lowest BCUT2D eigenvalue weighted by atomic mass is 10.0. The topological polar surface area (TPSA) is 79.5 Å². The van der Waals surface area contributed by atoms with Crippen LogP contribution in [0.5, 0.6) is 5.75 Å². The first-order valence-corrected chi connectivity index (χ1v) is 9.25. The summed E-state index contributed by atoms with van der Waals surface area (Å²) in [5.74, 6) is 0.0351. The third-order valence-electron chi connectivity index (χ3n) is 4.72. The van der Waals surface area contributed by atoms with Crippen LogP contribution in [0.3, 0.4) is 0 Å². The van der Waals surface area contributed by atoms with Gasteiger partial charge in [0.05, 0.1) is 18.4 Å². The second-order valence-electron chi connectivity index (χ2n) is 6.62. The zero-order valence-corrected chi connectivity index (χ0v) is 17.0. The zero-order chi connectivity index (χ0) is 21.7. The van der Waals surface area contributed by atoms with Crippen molar-refractivity contribution < 1.29 is 14.3 Å². The maximum atomic E-state index is 13.0. The molecule has 0 bridgehead atoms. The summed E-state index contributed by atoms with van der Waals surface area (Å²) >= 11 is 0. The van der Waals surface area contributed by atoms with Crippen molar-refractivity contribution in [1.82, 2.24) is 9.13 Å². The Hall–Kier alpha value is -3.87. The Morgan fingerprint density at radius 3 is 2.33 bits per heavy atom. The highest BCUT2D eigenvalue weighted by atomic mass is 16.5. The van der Waals surface area contributed by atoms with E-state index in [9.17, 15) is 14.4 Å². The summed E-state index contributed by atoms with van der Waals surface area (Å²) in [5.41, 5.74) is 1.08. The fraction of sp³-hybridized carbons (Fsp3) is 0.174. The molecular weight excluding hydrogens is 384 g/mol. The first-order valence-electron chi connectivity index (χ1n) is 9.25. The van der Waals surface area contributed by atoms with Gasteiger partial charge in [0.2, 0.25) is 0 Å². The van der Waals surface area contributed by atoms with Crippen molar-refractivity contribution in [2.45, 2.75) is 6.61 Å². The molecular formula is C23H22N2O5. The summed E-state index contributed by atoms with van der Waals surface area (Å²) in [5, 5.41) is 0. The van der Waals surface area contributed by atoms with E-state index in [1.807, 2.05) is 36.4 Å². The van der Waals surface area contributed by atoms with Gasteiger partial charge in [-0.1, -0.05) is 48.5 Å². The second-order valence-corrected chi connectivity index (χ2v) is 6.62. The van der Waals surface area contributed by atoms with Gasteiger partial charge in [0.15, 0.2) is 0 Å². The molecule has 2 aromatic carbocycles. The van der Waals surface area contributed by atoms with Crippen molar-refractivity contribution >= 4 is 17.6 Å². The molecule has 0 saturated heterocycles. The summed E-state index contributed by atoms with van der Waals surface area (Å²) in [6.45, 7) is -0.212. The molecule has 0 aliphatic rings. The van der Waals surface area contributed by atoms with Crippen LogP contribution in [0.2, 0.25) is 0 Å². The third-order valence-corrected chi connectivity index (χ3v) is 4.72. The second kappa shape index (κ2) is 9.09. The minimum absolute atomic E-state index is 0.212. The number of ether oxygens (including phenoxy) is 2. The van der Waals surface area contributed by atoms with Crippen molar-refractivity contribution in [3.63, 3.8) is 0 Å². The number of rotatable bonds is 6. The molecule has 3 aromatic rings. The summed E-state index contributed by atoms with van der Waals surface area (Å²) in [6, 6.07) is 17.7. The average molecular weight is 406 g/mol. The minimum atomic E-state index is -0.583. The molecule has 3 rings (SSSR count). The number of nitrogens with zero attached hydrogens (tertiary/aromatic N) is 2. The highest BCUT2D eigenvalue weighted by molar-refractivity contribution is 6.21. The van der Waals surface area contributed by atoms with Gasteiger partial charge in [-0.2, -0.15) is 0 Å². The number of benzene rings is 2. The highest BCUT2D eigenvalue weighted by Gasteiger charge is 2.16. The lowest BCUT2D eigenvalue weighted by Gasteiger charge is -2.12. The van der Waals surface area contributed by atoms with E-state index in [4.69, 9.17) is 9.47 Å². The Labute approximate surface area is 173 Å².